The highest BCUT2D eigenvalue weighted by Crippen LogP contribution is 2.13. The number of hydrogen-bond acceptors (Lipinski definition) is 3. The molecule has 1 heterocycles. The molecule has 2 aromatic rings. The van der Waals surface area contributed by atoms with Gasteiger partial charge in [0.15, 0.2) is 5.82 Å². The van der Waals surface area contributed by atoms with Crippen LogP contribution in [0.2, 0.25) is 0 Å². The van der Waals surface area contributed by atoms with Crippen LogP contribution in [-0.2, 0) is 6.42 Å². The number of carbonyl (C=O) groups excluding carboxylic acids is 1. The van der Waals surface area contributed by atoms with Crippen LogP contribution in [0, 0.1) is 5.92 Å². The van der Waals surface area contributed by atoms with Crippen LogP contribution in [0.1, 0.15) is 19.6 Å². The van der Waals surface area contributed by atoms with Gasteiger partial charge in [-0.1, -0.05) is 37.2 Å². The van der Waals surface area contributed by atoms with Gasteiger partial charge in [0.05, 0.1) is 0 Å². The lowest BCUT2D eigenvalue weighted by Crippen LogP contribution is -2.19. The van der Waals surface area contributed by atoms with Crippen molar-refractivity contribution in [3.05, 3.63) is 42.2 Å². The second-order valence-corrected chi connectivity index (χ2v) is 4.72. The summed E-state index contributed by atoms with van der Waals surface area (Å²) in [5.41, 5.74) is 0.728. The van der Waals surface area contributed by atoms with E-state index in [4.69, 9.17) is 4.52 Å². The minimum atomic E-state index is -0.337. The maximum Gasteiger partial charge on any atom is 0.324 e. The fraction of sp³-hybridized carbons (Fsp3) is 0.286. The van der Waals surface area contributed by atoms with Crippen molar-refractivity contribution in [1.29, 1.82) is 0 Å². The summed E-state index contributed by atoms with van der Waals surface area (Å²) >= 11 is 0. The van der Waals surface area contributed by atoms with E-state index in [1.807, 2.05) is 30.3 Å². The molecule has 0 fully saturated rings. The lowest BCUT2D eigenvalue weighted by atomic mass is 10.1. The first-order valence-electron chi connectivity index (χ1n) is 6.22. The summed E-state index contributed by atoms with van der Waals surface area (Å²) in [6, 6.07) is 10.6. The van der Waals surface area contributed by atoms with Crippen molar-refractivity contribution >= 4 is 17.5 Å². The van der Waals surface area contributed by atoms with Crippen LogP contribution < -0.4 is 10.6 Å². The third kappa shape index (κ3) is 4.13. The molecule has 0 radical (unpaired) electrons. The molecule has 0 aliphatic heterocycles. The average molecular weight is 259 g/mol. The highest BCUT2D eigenvalue weighted by atomic mass is 16.5. The third-order valence-corrected chi connectivity index (χ3v) is 2.44. The molecule has 0 saturated heterocycles. The molecule has 0 aliphatic rings. The molecule has 0 unspecified atom stereocenters. The highest BCUT2D eigenvalue weighted by molar-refractivity contribution is 5.99. The van der Waals surface area contributed by atoms with Gasteiger partial charge in [-0.15, -0.1) is 0 Å². The Morgan fingerprint density at radius 2 is 2.00 bits per heavy atom. The summed E-state index contributed by atoms with van der Waals surface area (Å²) in [5, 5.41) is 9.14. The van der Waals surface area contributed by atoms with Gasteiger partial charge in [-0.05, 0) is 18.1 Å². The number of aromatic nitrogens is 1. The van der Waals surface area contributed by atoms with Gasteiger partial charge in [0, 0.05) is 18.2 Å². The molecule has 1 aromatic heterocycles. The van der Waals surface area contributed by atoms with E-state index in [0.29, 0.717) is 11.7 Å². The van der Waals surface area contributed by atoms with Gasteiger partial charge in [0.25, 0.3) is 0 Å². The van der Waals surface area contributed by atoms with Crippen molar-refractivity contribution in [2.24, 2.45) is 5.92 Å². The monoisotopic (exact) mass is 259 g/mol. The Kier molecular flexibility index (Phi) is 4.18. The van der Waals surface area contributed by atoms with Crippen molar-refractivity contribution in [2.45, 2.75) is 20.3 Å². The Bertz CT molecular complexity index is 535. The van der Waals surface area contributed by atoms with Crippen LogP contribution >= 0.6 is 0 Å². The van der Waals surface area contributed by atoms with Crippen molar-refractivity contribution in [1.82, 2.24) is 5.16 Å². The van der Waals surface area contributed by atoms with Crippen molar-refractivity contribution in [3.8, 4) is 0 Å². The average Bonchev–Trinajstić information content (AvgIpc) is 2.76. The van der Waals surface area contributed by atoms with Crippen LogP contribution in [0.25, 0.3) is 0 Å². The second kappa shape index (κ2) is 6.04. The topological polar surface area (TPSA) is 67.2 Å². The fourth-order valence-corrected chi connectivity index (χ4v) is 1.67. The molecule has 5 nitrogen and oxygen atoms in total. The number of para-hydroxylation sites is 1. The molecular weight excluding hydrogens is 242 g/mol. The molecule has 5 heteroatoms. The van der Waals surface area contributed by atoms with Gasteiger partial charge in [0.2, 0.25) is 0 Å². The summed E-state index contributed by atoms with van der Waals surface area (Å²) in [6.45, 7) is 4.19. The predicted molar refractivity (Wildman–Crippen MR) is 74.1 cm³/mol. The van der Waals surface area contributed by atoms with Crippen molar-refractivity contribution in [3.63, 3.8) is 0 Å². The van der Waals surface area contributed by atoms with Crippen LogP contribution in [-0.4, -0.2) is 11.2 Å². The number of carbonyl (C=O) groups is 1. The minimum Gasteiger partial charge on any atom is -0.359 e. The molecule has 0 saturated carbocycles. The van der Waals surface area contributed by atoms with Crippen LogP contribution in [0.3, 0.4) is 0 Å². The predicted octanol–water partition coefficient (Wildman–Crippen LogP) is 3.52. The Morgan fingerprint density at radius 3 is 2.68 bits per heavy atom. The molecule has 100 valence electrons. The molecule has 2 N–H and O–H groups in total. The molecule has 2 amide bonds. The van der Waals surface area contributed by atoms with E-state index in [0.717, 1.165) is 17.9 Å². The van der Waals surface area contributed by atoms with E-state index in [9.17, 15) is 4.79 Å². The molecule has 0 atom stereocenters. The zero-order chi connectivity index (χ0) is 13.7. The maximum absolute atomic E-state index is 11.7. The Labute approximate surface area is 112 Å². The second-order valence-electron chi connectivity index (χ2n) is 4.72. The molecular formula is C14H17N3O2. The first-order chi connectivity index (χ1) is 9.13. The largest absolute Gasteiger partial charge is 0.359 e. The number of hydrogen-bond donors (Lipinski definition) is 2. The zero-order valence-electron chi connectivity index (χ0n) is 11.0. The summed E-state index contributed by atoms with van der Waals surface area (Å²) in [7, 11) is 0. The number of urea groups is 1. The highest BCUT2D eigenvalue weighted by Gasteiger charge is 2.09. The van der Waals surface area contributed by atoms with Gasteiger partial charge >= 0.3 is 6.03 Å². The molecule has 2 rings (SSSR count). The zero-order valence-corrected chi connectivity index (χ0v) is 11.0. The number of benzene rings is 1. The summed E-state index contributed by atoms with van der Waals surface area (Å²) < 4.78 is 5.13. The van der Waals surface area contributed by atoms with Crippen LogP contribution in [0.4, 0.5) is 16.3 Å². The number of nitrogens with one attached hydrogen (secondary N) is 2. The first-order valence-corrected chi connectivity index (χ1v) is 6.22. The quantitative estimate of drug-likeness (QED) is 0.882. The lowest BCUT2D eigenvalue weighted by molar-refractivity contribution is 0.262. The van der Waals surface area contributed by atoms with Crippen molar-refractivity contribution < 1.29 is 9.32 Å². The Morgan fingerprint density at radius 1 is 1.26 bits per heavy atom. The number of anilines is 2. The Balaban J connectivity index is 1.90. The number of nitrogens with zero attached hydrogens (tertiary/aromatic N) is 1. The Hall–Kier alpha value is -2.30. The van der Waals surface area contributed by atoms with Crippen LogP contribution in [0.5, 0.6) is 0 Å². The van der Waals surface area contributed by atoms with Gasteiger partial charge in [-0.2, -0.15) is 0 Å². The fourth-order valence-electron chi connectivity index (χ4n) is 1.67. The van der Waals surface area contributed by atoms with Gasteiger partial charge in [-0.3, -0.25) is 5.32 Å². The first kappa shape index (κ1) is 13.1. The van der Waals surface area contributed by atoms with E-state index >= 15 is 0 Å². The maximum atomic E-state index is 11.7. The summed E-state index contributed by atoms with van der Waals surface area (Å²) in [4.78, 5) is 11.7. The molecule has 19 heavy (non-hydrogen) atoms. The third-order valence-electron chi connectivity index (χ3n) is 2.44. The summed E-state index contributed by atoms with van der Waals surface area (Å²) in [5.74, 6) is 1.67. The summed E-state index contributed by atoms with van der Waals surface area (Å²) in [6.07, 6.45) is 0.801. The molecule has 0 bridgehead atoms. The molecule has 0 aliphatic carbocycles. The van der Waals surface area contributed by atoms with Gasteiger partial charge in [-0.25, -0.2) is 4.79 Å². The number of amides is 2. The minimum absolute atomic E-state index is 0.337. The van der Waals surface area contributed by atoms with Crippen molar-refractivity contribution in [2.75, 3.05) is 10.6 Å². The van der Waals surface area contributed by atoms with E-state index < -0.39 is 0 Å². The van der Waals surface area contributed by atoms with E-state index in [1.165, 1.54) is 0 Å². The van der Waals surface area contributed by atoms with E-state index in [-0.39, 0.29) is 6.03 Å². The molecule has 0 spiro atoms. The van der Waals surface area contributed by atoms with Gasteiger partial charge < -0.3 is 9.84 Å². The normalized spacial score (nSPS) is 10.5. The van der Waals surface area contributed by atoms with Crippen LogP contribution in [0.15, 0.2) is 40.9 Å². The standard InChI is InChI=1S/C14H17N3O2/c1-10(2)8-12-9-13(17-19-12)16-14(18)15-11-6-4-3-5-7-11/h3-7,9-10H,8H2,1-2H3,(H2,15,16,17,18). The lowest BCUT2D eigenvalue weighted by Gasteiger charge is -2.04. The SMILES string of the molecule is CC(C)Cc1cc(NC(=O)Nc2ccccc2)no1. The van der Waals surface area contributed by atoms with E-state index in [2.05, 4.69) is 29.6 Å². The number of rotatable bonds is 4. The smallest absolute Gasteiger partial charge is 0.324 e. The van der Waals surface area contributed by atoms with Gasteiger partial charge in [0.1, 0.15) is 5.76 Å². The molecule has 1 aromatic carbocycles. The van der Waals surface area contributed by atoms with E-state index in [1.54, 1.807) is 6.07 Å².